The van der Waals surface area contributed by atoms with Crippen molar-refractivity contribution in [1.29, 1.82) is 0 Å². The Morgan fingerprint density at radius 2 is 1.80 bits per heavy atom. The second-order valence-corrected chi connectivity index (χ2v) is 10.9. The predicted octanol–water partition coefficient (Wildman–Crippen LogP) is 4.16. The molecule has 186 valence electrons. The van der Waals surface area contributed by atoms with E-state index in [0.29, 0.717) is 18.2 Å². The number of nitrogens with one attached hydrogen (secondary N) is 1. The molecule has 0 saturated carbocycles. The summed E-state index contributed by atoms with van der Waals surface area (Å²) in [4.78, 5) is 3.27. The Morgan fingerprint density at radius 1 is 1.06 bits per heavy atom. The van der Waals surface area contributed by atoms with Crippen LogP contribution >= 0.6 is 0 Å². The third-order valence-electron chi connectivity index (χ3n) is 5.44. The first-order valence-electron chi connectivity index (χ1n) is 10.9. The van der Waals surface area contributed by atoms with Crippen LogP contribution in [0.3, 0.4) is 0 Å². The Labute approximate surface area is 206 Å². The molecule has 0 aliphatic heterocycles. The minimum atomic E-state index is -4.88. The Bertz CT molecular complexity index is 1470. The van der Waals surface area contributed by atoms with Crippen molar-refractivity contribution in [1.82, 2.24) is 0 Å². The fourth-order valence-electron chi connectivity index (χ4n) is 3.71. The Balaban J connectivity index is 1.78. The van der Waals surface area contributed by atoms with E-state index < -0.39 is 30.0 Å². The minimum absolute atomic E-state index is 0.0559. The van der Waals surface area contributed by atoms with E-state index in [0.717, 1.165) is 36.0 Å². The van der Waals surface area contributed by atoms with Gasteiger partial charge in [-0.3, -0.25) is 9.55 Å². The van der Waals surface area contributed by atoms with Gasteiger partial charge in [0.05, 0.1) is 10.6 Å². The molecule has 0 radical (unpaired) electrons. The molecule has 1 aliphatic rings. The average molecular weight is 516 g/mol. The van der Waals surface area contributed by atoms with E-state index in [2.05, 4.69) is 42.4 Å². The number of allylic oxidation sites excluding steroid dienone is 5. The van der Waals surface area contributed by atoms with Gasteiger partial charge in [0, 0.05) is 18.8 Å². The lowest BCUT2D eigenvalue weighted by Crippen LogP contribution is -2.06. The third kappa shape index (κ3) is 6.98. The first-order chi connectivity index (χ1) is 16.4. The maximum Gasteiger partial charge on any atom is 0.295 e. The highest BCUT2D eigenvalue weighted by molar-refractivity contribution is 7.86. The summed E-state index contributed by atoms with van der Waals surface area (Å²) in [5.41, 5.74) is 5.84. The Hall–Kier alpha value is -3.05. The van der Waals surface area contributed by atoms with Crippen LogP contribution in [0.25, 0.3) is 6.08 Å². The van der Waals surface area contributed by atoms with Crippen LogP contribution in [0.2, 0.25) is 0 Å². The van der Waals surface area contributed by atoms with E-state index in [9.17, 15) is 25.9 Å². The molecule has 10 heteroatoms. The molecule has 3 rings (SSSR count). The van der Waals surface area contributed by atoms with Gasteiger partial charge in [0.2, 0.25) is 0 Å². The number of anilines is 1. The zero-order valence-corrected chi connectivity index (χ0v) is 21.3. The third-order valence-corrected chi connectivity index (χ3v) is 7.18. The molecule has 0 saturated heterocycles. The molecular weight excluding hydrogens is 488 g/mol. The molecule has 8 nitrogen and oxygen atoms in total. The molecule has 0 spiro atoms. The van der Waals surface area contributed by atoms with Crippen LogP contribution in [0.5, 0.6) is 0 Å². The van der Waals surface area contributed by atoms with Gasteiger partial charge >= 0.3 is 0 Å². The summed E-state index contributed by atoms with van der Waals surface area (Å²) in [7, 11) is -9.64. The number of aryl methyl sites for hydroxylation is 1. The summed E-state index contributed by atoms with van der Waals surface area (Å²) in [5, 5.41) is 3.32. The lowest BCUT2D eigenvalue weighted by molar-refractivity contribution is 0.462. The zero-order valence-electron chi connectivity index (χ0n) is 19.6. The molecule has 0 fully saturated rings. The first-order valence-corrected chi connectivity index (χ1v) is 13.8. The highest BCUT2D eigenvalue weighted by Crippen LogP contribution is 2.25. The quantitative estimate of drug-likeness (QED) is 0.504. The van der Waals surface area contributed by atoms with E-state index in [1.165, 1.54) is 23.3 Å². The van der Waals surface area contributed by atoms with Gasteiger partial charge in [0.15, 0.2) is 0 Å². The summed E-state index contributed by atoms with van der Waals surface area (Å²) in [5.74, 6) is 0. The van der Waals surface area contributed by atoms with Crippen LogP contribution in [0.15, 0.2) is 80.6 Å². The van der Waals surface area contributed by atoms with Gasteiger partial charge in [0.25, 0.3) is 10.1 Å². The van der Waals surface area contributed by atoms with E-state index in [4.69, 9.17) is 0 Å². The van der Waals surface area contributed by atoms with Gasteiger partial charge in [-0.15, -0.1) is 0 Å². The number of nitrogens with zero attached hydrogens (tertiary/aromatic N) is 1. The van der Waals surface area contributed by atoms with Gasteiger partial charge < -0.3 is 9.87 Å². The number of aliphatic imine (C=N–C) groups is 1. The Morgan fingerprint density at radius 3 is 2.40 bits per heavy atom. The van der Waals surface area contributed by atoms with Crippen molar-refractivity contribution in [2.45, 2.75) is 37.0 Å². The fraction of sp³-hybridized carbons (Fsp3) is 0.240. The van der Waals surface area contributed by atoms with Crippen molar-refractivity contribution < 1.29 is 25.9 Å². The number of hydrogen-bond donors (Lipinski definition) is 2. The van der Waals surface area contributed by atoms with Crippen molar-refractivity contribution in [2.75, 3.05) is 18.4 Å². The lowest BCUT2D eigenvalue weighted by atomic mass is 9.99. The Kier molecular flexibility index (Phi) is 8.11. The normalized spacial score (nSPS) is 16.5. The van der Waals surface area contributed by atoms with E-state index in [1.54, 1.807) is 12.2 Å². The molecule has 0 unspecified atom stereocenters. The summed E-state index contributed by atoms with van der Waals surface area (Å²) in [6.07, 6.45) is 7.63. The molecule has 0 amide bonds. The van der Waals surface area contributed by atoms with E-state index >= 15 is 0 Å². The monoisotopic (exact) mass is 515 g/mol. The lowest BCUT2D eigenvalue weighted by Gasteiger charge is -2.12. The fourth-order valence-corrected chi connectivity index (χ4v) is 4.99. The molecule has 1 aliphatic carbocycles. The SMILES string of the molecule is CCNc1ccc(CCN=C2C=CC(=Cc3ccc(S(=O)(=O)[O-])cc3S(=O)(=O)O)C=C2C)cc1C. The molecule has 2 aromatic rings. The van der Waals surface area contributed by atoms with Gasteiger partial charge in [-0.25, -0.2) is 8.42 Å². The van der Waals surface area contributed by atoms with Crippen LogP contribution in [0.1, 0.15) is 30.5 Å². The molecule has 0 aromatic heterocycles. The number of hydrogen-bond acceptors (Lipinski definition) is 7. The maximum atomic E-state index is 11.8. The van der Waals surface area contributed by atoms with Crippen molar-refractivity contribution in [2.24, 2.45) is 4.99 Å². The smallest absolute Gasteiger partial charge is 0.295 e. The van der Waals surface area contributed by atoms with Gasteiger partial charge in [0.1, 0.15) is 15.0 Å². The largest absolute Gasteiger partial charge is 0.744 e. The van der Waals surface area contributed by atoms with Crippen LogP contribution in [0, 0.1) is 6.92 Å². The van der Waals surface area contributed by atoms with Crippen molar-refractivity contribution in [3.63, 3.8) is 0 Å². The predicted molar refractivity (Wildman–Crippen MR) is 136 cm³/mol. The highest BCUT2D eigenvalue weighted by atomic mass is 32.2. The molecule has 2 N–H and O–H groups in total. The summed E-state index contributed by atoms with van der Waals surface area (Å²) in [6, 6.07) is 9.14. The molecular formula is C25H27N2O6S2-. The average Bonchev–Trinajstić information content (AvgIpc) is 2.76. The van der Waals surface area contributed by atoms with Crippen molar-refractivity contribution in [3.8, 4) is 0 Å². The van der Waals surface area contributed by atoms with Gasteiger partial charge in [-0.1, -0.05) is 24.3 Å². The summed E-state index contributed by atoms with van der Waals surface area (Å²) >= 11 is 0. The van der Waals surface area contributed by atoms with E-state index in [1.807, 2.05) is 13.0 Å². The minimum Gasteiger partial charge on any atom is -0.744 e. The van der Waals surface area contributed by atoms with Crippen LogP contribution in [-0.4, -0.2) is 44.7 Å². The van der Waals surface area contributed by atoms with Gasteiger partial charge in [-0.2, -0.15) is 8.42 Å². The summed E-state index contributed by atoms with van der Waals surface area (Å²) < 4.78 is 66.8. The topological polar surface area (TPSA) is 136 Å². The van der Waals surface area contributed by atoms with Crippen LogP contribution < -0.4 is 5.32 Å². The molecule has 35 heavy (non-hydrogen) atoms. The standard InChI is InChI=1S/C25H28N2O6S2/c1-4-26-23-9-5-19(13-17(23)2)11-12-27-24-10-6-20(14-18(24)3)15-21-7-8-22(34(28,29)30)16-25(21)35(31,32)33/h5-10,13-16,26H,4,11-12H2,1-3H3,(H,28,29,30)(H,31,32,33)/p-1. The van der Waals surface area contributed by atoms with Gasteiger partial charge in [-0.05, 0) is 91.5 Å². The summed E-state index contributed by atoms with van der Waals surface area (Å²) in [6.45, 7) is 7.47. The molecule has 0 bridgehead atoms. The molecule has 0 heterocycles. The molecule has 2 aromatic carbocycles. The number of benzene rings is 2. The van der Waals surface area contributed by atoms with Crippen molar-refractivity contribution >= 4 is 37.7 Å². The first kappa shape index (κ1) is 26.6. The van der Waals surface area contributed by atoms with Crippen molar-refractivity contribution in [3.05, 3.63) is 82.5 Å². The second-order valence-electron chi connectivity index (χ2n) is 8.13. The van der Waals surface area contributed by atoms with E-state index in [-0.39, 0.29) is 5.56 Å². The van der Waals surface area contributed by atoms with Crippen LogP contribution in [-0.2, 0) is 26.7 Å². The maximum absolute atomic E-state index is 11.8. The van der Waals surface area contributed by atoms with Crippen LogP contribution in [0.4, 0.5) is 5.69 Å². The second kappa shape index (κ2) is 10.7. The zero-order chi connectivity index (χ0) is 25.8. The highest BCUT2D eigenvalue weighted by Gasteiger charge is 2.17. The number of rotatable bonds is 8. The molecule has 0 atom stereocenters.